The summed E-state index contributed by atoms with van der Waals surface area (Å²) in [6.45, 7) is 0. The highest BCUT2D eigenvalue weighted by Crippen LogP contribution is 2.32. The summed E-state index contributed by atoms with van der Waals surface area (Å²) in [6, 6.07) is 11.2. The molecule has 1 amide bonds. The van der Waals surface area contributed by atoms with Crippen molar-refractivity contribution in [3.63, 3.8) is 0 Å². The molecule has 1 aliphatic heterocycles. The number of amides is 1. The maximum atomic E-state index is 12.6. The molecule has 0 bridgehead atoms. The van der Waals surface area contributed by atoms with E-state index in [0.717, 1.165) is 16.9 Å². The second kappa shape index (κ2) is 3.88. The van der Waals surface area contributed by atoms with Gasteiger partial charge in [-0.1, -0.05) is 12.1 Å². The minimum atomic E-state index is -0.159. The number of aromatic amines is 1. The summed E-state index contributed by atoms with van der Waals surface area (Å²) in [4.78, 5) is 15.6. The first-order chi connectivity index (χ1) is 9.74. The summed E-state index contributed by atoms with van der Waals surface area (Å²) in [5, 5.41) is 3.32. The first-order valence-electron chi connectivity index (χ1n) is 6.24. The van der Waals surface area contributed by atoms with E-state index in [-0.39, 0.29) is 5.91 Å². The Morgan fingerprint density at radius 2 is 2.00 bits per heavy atom. The minimum Gasteiger partial charge on any atom is -0.463 e. The summed E-state index contributed by atoms with van der Waals surface area (Å²) >= 11 is 0. The number of aromatic nitrogens is 1. The third-order valence-corrected chi connectivity index (χ3v) is 3.41. The van der Waals surface area contributed by atoms with Gasteiger partial charge in [0.1, 0.15) is 5.69 Å². The Bertz CT molecular complexity index is 776. The molecular formula is C14H12N4O2. The van der Waals surface area contributed by atoms with Gasteiger partial charge in [-0.05, 0) is 12.1 Å². The van der Waals surface area contributed by atoms with Gasteiger partial charge in [-0.3, -0.25) is 9.80 Å². The van der Waals surface area contributed by atoms with Gasteiger partial charge in [-0.2, -0.15) is 0 Å². The van der Waals surface area contributed by atoms with E-state index in [1.165, 1.54) is 5.01 Å². The number of para-hydroxylation sites is 2. The van der Waals surface area contributed by atoms with E-state index in [9.17, 15) is 4.79 Å². The molecule has 20 heavy (non-hydrogen) atoms. The Labute approximate surface area is 114 Å². The number of rotatable bonds is 1. The van der Waals surface area contributed by atoms with Gasteiger partial charge in [-0.15, -0.1) is 5.53 Å². The summed E-state index contributed by atoms with van der Waals surface area (Å²) in [7, 11) is 1.87. The van der Waals surface area contributed by atoms with Crippen LogP contribution in [-0.4, -0.2) is 17.9 Å². The Kier molecular flexibility index (Phi) is 2.16. The molecule has 2 N–H and O–H groups in total. The van der Waals surface area contributed by atoms with Crippen LogP contribution >= 0.6 is 0 Å². The van der Waals surface area contributed by atoms with Crippen molar-refractivity contribution in [3.05, 3.63) is 48.4 Å². The molecule has 1 aliphatic rings. The number of H-pyrrole nitrogens is 1. The fourth-order valence-electron chi connectivity index (χ4n) is 2.43. The van der Waals surface area contributed by atoms with Crippen molar-refractivity contribution in [1.29, 1.82) is 0 Å². The van der Waals surface area contributed by atoms with Crippen LogP contribution in [0.2, 0.25) is 0 Å². The van der Waals surface area contributed by atoms with Crippen LogP contribution in [-0.2, 0) is 0 Å². The third kappa shape index (κ3) is 1.45. The lowest BCUT2D eigenvalue weighted by molar-refractivity contribution is 0.0972. The monoisotopic (exact) mass is 268 g/mol. The molecule has 3 aromatic rings. The number of fused-ring (bicyclic) bond motifs is 2. The van der Waals surface area contributed by atoms with Crippen molar-refractivity contribution >= 4 is 28.4 Å². The lowest BCUT2D eigenvalue weighted by Gasteiger charge is -2.17. The van der Waals surface area contributed by atoms with Crippen molar-refractivity contribution < 1.29 is 9.21 Å². The normalized spacial score (nSPS) is 14.1. The second-order valence-corrected chi connectivity index (χ2v) is 4.67. The van der Waals surface area contributed by atoms with E-state index in [4.69, 9.17) is 4.42 Å². The van der Waals surface area contributed by atoms with Gasteiger partial charge in [0.2, 0.25) is 0 Å². The van der Waals surface area contributed by atoms with E-state index in [0.29, 0.717) is 11.3 Å². The predicted molar refractivity (Wildman–Crippen MR) is 75.4 cm³/mol. The standard InChI is InChI=1S/C14H12N4O2/c1-17-11-4-2-3-5-12(11)18(16-17)14(19)10-8-13-9(15-10)6-7-20-13/h2-8,15-16H,1H3. The number of anilines is 2. The fourth-order valence-corrected chi connectivity index (χ4v) is 2.43. The first kappa shape index (κ1) is 11.1. The third-order valence-electron chi connectivity index (χ3n) is 3.41. The molecule has 6 nitrogen and oxygen atoms in total. The maximum Gasteiger partial charge on any atom is 0.290 e. The number of carbonyl (C=O) groups excluding carboxylic acids is 1. The predicted octanol–water partition coefficient (Wildman–Crippen LogP) is 2.28. The Morgan fingerprint density at radius 3 is 2.80 bits per heavy atom. The summed E-state index contributed by atoms with van der Waals surface area (Å²) in [5.74, 6) is -0.159. The number of hydrogen-bond donors (Lipinski definition) is 2. The van der Waals surface area contributed by atoms with Crippen LogP contribution in [0.4, 0.5) is 11.4 Å². The van der Waals surface area contributed by atoms with Crippen molar-refractivity contribution in [2.24, 2.45) is 0 Å². The Hall–Kier alpha value is -2.73. The zero-order chi connectivity index (χ0) is 13.7. The maximum absolute atomic E-state index is 12.6. The largest absolute Gasteiger partial charge is 0.463 e. The highest BCUT2D eigenvalue weighted by Gasteiger charge is 2.29. The average molecular weight is 268 g/mol. The smallest absolute Gasteiger partial charge is 0.290 e. The van der Waals surface area contributed by atoms with Crippen molar-refractivity contribution in [1.82, 2.24) is 10.5 Å². The van der Waals surface area contributed by atoms with Crippen LogP contribution in [0.25, 0.3) is 11.1 Å². The van der Waals surface area contributed by atoms with Gasteiger partial charge in [-0.25, -0.2) is 5.01 Å². The van der Waals surface area contributed by atoms with Gasteiger partial charge < -0.3 is 9.40 Å². The molecule has 6 heteroatoms. The van der Waals surface area contributed by atoms with Crippen LogP contribution in [0, 0.1) is 0 Å². The number of hydrogen-bond acceptors (Lipinski definition) is 4. The number of furan rings is 1. The topological polar surface area (TPSA) is 64.5 Å². The Morgan fingerprint density at radius 1 is 1.20 bits per heavy atom. The van der Waals surface area contributed by atoms with Crippen LogP contribution in [0.15, 0.2) is 47.1 Å². The molecule has 0 saturated heterocycles. The van der Waals surface area contributed by atoms with Gasteiger partial charge in [0.25, 0.3) is 5.91 Å². The van der Waals surface area contributed by atoms with Crippen molar-refractivity contribution in [2.45, 2.75) is 0 Å². The average Bonchev–Trinajstić information content (AvgIpc) is 3.11. The van der Waals surface area contributed by atoms with E-state index in [1.54, 1.807) is 23.4 Å². The summed E-state index contributed by atoms with van der Waals surface area (Å²) < 4.78 is 5.27. The molecule has 1 aromatic carbocycles. The van der Waals surface area contributed by atoms with Crippen LogP contribution in [0.3, 0.4) is 0 Å². The lowest BCUT2D eigenvalue weighted by Crippen LogP contribution is -2.46. The number of carbonyl (C=O) groups is 1. The van der Waals surface area contributed by atoms with E-state index >= 15 is 0 Å². The molecule has 0 radical (unpaired) electrons. The number of nitrogens with one attached hydrogen (secondary N) is 2. The molecule has 2 aromatic heterocycles. The molecule has 0 atom stereocenters. The van der Waals surface area contributed by atoms with E-state index in [2.05, 4.69) is 10.5 Å². The second-order valence-electron chi connectivity index (χ2n) is 4.67. The van der Waals surface area contributed by atoms with Crippen molar-refractivity contribution in [3.8, 4) is 0 Å². The molecular weight excluding hydrogens is 256 g/mol. The molecule has 3 heterocycles. The lowest BCUT2D eigenvalue weighted by atomic mass is 10.2. The zero-order valence-corrected chi connectivity index (χ0v) is 10.8. The zero-order valence-electron chi connectivity index (χ0n) is 10.8. The van der Waals surface area contributed by atoms with Crippen LogP contribution in [0.5, 0.6) is 0 Å². The quantitative estimate of drug-likeness (QED) is 0.710. The highest BCUT2D eigenvalue weighted by atomic mass is 16.3. The Balaban J connectivity index is 1.75. The summed E-state index contributed by atoms with van der Waals surface area (Å²) in [6.07, 6.45) is 1.59. The number of benzene rings is 1. The molecule has 0 aliphatic carbocycles. The van der Waals surface area contributed by atoms with Gasteiger partial charge in [0, 0.05) is 19.2 Å². The molecule has 0 unspecified atom stereocenters. The van der Waals surface area contributed by atoms with Crippen molar-refractivity contribution in [2.75, 3.05) is 17.1 Å². The molecule has 4 rings (SSSR count). The van der Waals surface area contributed by atoms with Crippen LogP contribution in [0.1, 0.15) is 10.5 Å². The SMILES string of the molecule is CN1NN(C(=O)c2cc3occc3[nH]2)c2ccccc21. The minimum absolute atomic E-state index is 0.159. The van der Waals surface area contributed by atoms with E-state index in [1.807, 2.05) is 31.3 Å². The van der Waals surface area contributed by atoms with Gasteiger partial charge in [0.05, 0.1) is 23.2 Å². The van der Waals surface area contributed by atoms with Gasteiger partial charge in [0.15, 0.2) is 5.58 Å². The number of nitrogens with zero attached hydrogens (tertiary/aromatic N) is 2. The van der Waals surface area contributed by atoms with E-state index < -0.39 is 0 Å². The van der Waals surface area contributed by atoms with Crippen LogP contribution < -0.4 is 15.6 Å². The van der Waals surface area contributed by atoms with Gasteiger partial charge >= 0.3 is 0 Å². The fraction of sp³-hybridized carbons (Fsp3) is 0.0714. The first-order valence-corrected chi connectivity index (χ1v) is 6.24. The molecule has 100 valence electrons. The summed E-state index contributed by atoms with van der Waals surface area (Å²) in [5.41, 5.74) is 6.77. The molecule has 0 fully saturated rings. The highest BCUT2D eigenvalue weighted by molar-refractivity contribution is 6.09. The number of hydrazine groups is 2. The molecule has 0 spiro atoms. The molecule has 0 saturated carbocycles.